The quantitative estimate of drug-likeness (QED) is 0.696. The van der Waals surface area contributed by atoms with Gasteiger partial charge in [-0.25, -0.2) is 0 Å². The average Bonchev–Trinajstić information content (AvgIpc) is 3.21. The van der Waals surface area contributed by atoms with Crippen LogP contribution in [-0.2, 0) is 9.59 Å². The number of carbonyl (C=O) groups excluding carboxylic acids is 2. The molecule has 0 spiro atoms. The molecule has 4 rings (SSSR count). The van der Waals surface area contributed by atoms with Crippen LogP contribution in [0.4, 0.5) is 5.69 Å². The molecule has 2 aromatic rings. The van der Waals surface area contributed by atoms with E-state index in [9.17, 15) is 9.59 Å². The van der Waals surface area contributed by atoms with Gasteiger partial charge in [-0.1, -0.05) is 29.3 Å². The lowest BCUT2D eigenvalue weighted by molar-refractivity contribution is -0.130. The van der Waals surface area contributed by atoms with Gasteiger partial charge in [0.25, 0.3) is 0 Å². The van der Waals surface area contributed by atoms with Crippen molar-refractivity contribution < 1.29 is 19.1 Å². The van der Waals surface area contributed by atoms with E-state index in [2.05, 4.69) is 5.32 Å². The maximum absolute atomic E-state index is 12.6. The van der Waals surface area contributed by atoms with Crippen molar-refractivity contribution in [3.8, 4) is 11.5 Å². The molecule has 0 bridgehead atoms. The number of carbonyl (C=O) groups is 2. The summed E-state index contributed by atoms with van der Waals surface area (Å²) in [5.41, 5.74) is 1.29. The van der Waals surface area contributed by atoms with Crippen LogP contribution in [0.5, 0.6) is 11.5 Å². The molecule has 0 radical (unpaired) electrons. The summed E-state index contributed by atoms with van der Waals surface area (Å²) >= 11 is 12.3. The first-order valence-corrected chi connectivity index (χ1v) is 10.4. The minimum absolute atomic E-state index is 0.0562. The van der Waals surface area contributed by atoms with E-state index in [0.717, 1.165) is 0 Å². The van der Waals surface area contributed by atoms with Crippen molar-refractivity contribution in [2.24, 2.45) is 5.92 Å². The lowest BCUT2D eigenvalue weighted by Gasteiger charge is -2.30. The summed E-state index contributed by atoms with van der Waals surface area (Å²) in [5, 5.41) is 3.91. The van der Waals surface area contributed by atoms with Crippen molar-refractivity contribution in [3.63, 3.8) is 0 Å². The van der Waals surface area contributed by atoms with Gasteiger partial charge in [-0.3, -0.25) is 9.59 Å². The number of ether oxygens (including phenoxy) is 2. The molecule has 2 heterocycles. The van der Waals surface area contributed by atoms with Gasteiger partial charge in [-0.15, -0.1) is 0 Å². The maximum atomic E-state index is 12.6. The third-order valence-electron chi connectivity index (χ3n) is 5.21. The molecule has 2 aliphatic heterocycles. The molecule has 1 fully saturated rings. The van der Waals surface area contributed by atoms with Gasteiger partial charge in [0.1, 0.15) is 0 Å². The molecule has 0 atom stereocenters. The van der Waals surface area contributed by atoms with Gasteiger partial charge in [0.15, 0.2) is 11.5 Å². The molecule has 0 aliphatic carbocycles. The van der Waals surface area contributed by atoms with Gasteiger partial charge >= 0.3 is 0 Å². The summed E-state index contributed by atoms with van der Waals surface area (Å²) in [5.74, 6) is 0.964. The second-order valence-electron chi connectivity index (χ2n) is 7.13. The topological polar surface area (TPSA) is 67.9 Å². The van der Waals surface area contributed by atoms with E-state index in [4.69, 9.17) is 32.7 Å². The molecule has 2 aliphatic rings. The Morgan fingerprint density at radius 3 is 2.47 bits per heavy atom. The Hall–Kier alpha value is -2.70. The number of nitrogens with zero attached hydrogens (tertiary/aromatic N) is 1. The smallest absolute Gasteiger partial charge is 0.246 e. The van der Waals surface area contributed by atoms with Crippen molar-refractivity contribution in [2.75, 3.05) is 25.2 Å². The number of rotatable bonds is 4. The van der Waals surface area contributed by atoms with Crippen LogP contribution in [-0.4, -0.2) is 36.6 Å². The summed E-state index contributed by atoms with van der Waals surface area (Å²) in [6, 6.07) is 10.5. The van der Waals surface area contributed by atoms with Crippen LogP contribution in [0.25, 0.3) is 6.08 Å². The van der Waals surface area contributed by atoms with E-state index in [1.807, 2.05) is 0 Å². The predicted octanol–water partition coefficient (Wildman–Crippen LogP) is 4.61. The third kappa shape index (κ3) is 4.55. The van der Waals surface area contributed by atoms with Crippen LogP contribution >= 0.6 is 23.2 Å². The molecule has 156 valence electrons. The number of hydrogen-bond acceptors (Lipinski definition) is 4. The fourth-order valence-corrected chi connectivity index (χ4v) is 4.03. The zero-order valence-electron chi connectivity index (χ0n) is 16.1. The zero-order chi connectivity index (χ0) is 21.1. The van der Waals surface area contributed by atoms with Crippen molar-refractivity contribution in [3.05, 3.63) is 58.1 Å². The van der Waals surface area contributed by atoms with E-state index < -0.39 is 0 Å². The van der Waals surface area contributed by atoms with Gasteiger partial charge in [0.2, 0.25) is 18.6 Å². The number of hydrogen-bond donors (Lipinski definition) is 1. The number of amides is 2. The Balaban J connectivity index is 1.30. The van der Waals surface area contributed by atoms with Crippen molar-refractivity contribution in [1.29, 1.82) is 0 Å². The van der Waals surface area contributed by atoms with E-state index in [1.165, 1.54) is 6.08 Å². The molecular formula is C22H20Cl2N2O4. The van der Waals surface area contributed by atoms with Gasteiger partial charge in [-0.05, 0) is 43.2 Å². The van der Waals surface area contributed by atoms with Gasteiger partial charge in [-0.2, -0.15) is 0 Å². The largest absolute Gasteiger partial charge is 0.454 e. The number of likely N-dealkylation sites (tertiary alicyclic amines) is 1. The molecule has 30 heavy (non-hydrogen) atoms. The number of anilines is 1. The van der Waals surface area contributed by atoms with Crippen LogP contribution in [0, 0.1) is 5.92 Å². The molecule has 0 unspecified atom stereocenters. The van der Waals surface area contributed by atoms with Crippen molar-refractivity contribution >= 4 is 46.8 Å². The molecule has 0 aromatic heterocycles. The highest BCUT2D eigenvalue weighted by molar-refractivity contribution is 6.37. The lowest BCUT2D eigenvalue weighted by Crippen LogP contribution is -2.40. The third-order valence-corrected chi connectivity index (χ3v) is 5.87. The molecule has 1 saturated heterocycles. The summed E-state index contributed by atoms with van der Waals surface area (Å²) in [7, 11) is 0. The number of nitrogens with one attached hydrogen (secondary N) is 1. The minimum Gasteiger partial charge on any atom is -0.454 e. The van der Waals surface area contributed by atoms with E-state index in [-0.39, 0.29) is 24.5 Å². The van der Waals surface area contributed by atoms with E-state index in [1.54, 1.807) is 47.4 Å². The Morgan fingerprint density at radius 1 is 1.03 bits per heavy atom. The number of piperidine rings is 1. The molecule has 2 amide bonds. The summed E-state index contributed by atoms with van der Waals surface area (Å²) < 4.78 is 10.6. The molecule has 2 aromatic carbocycles. The monoisotopic (exact) mass is 446 g/mol. The first-order valence-electron chi connectivity index (χ1n) is 9.63. The summed E-state index contributed by atoms with van der Waals surface area (Å²) in [6.45, 7) is 1.22. The van der Waals surface area contributed by atoms with Gasteiger partial charge < -0.3 is 19.7 Å². The first kappa shape index (κ1) is 20.6. The highest BCUT2D eigenvalue weighted by Gasteiger charge is 2.27. The molecular weight excluding hydrogens is 427 g/mol. The second-order valence-corrected chi connectivity index (χ2v) is 7.94. The maximum Gasteiger partial charge on any atom is 0.246 e. The summed E-state index contributed by atoms with van der Waals surface area (Å²) in [4.78, 5) is 26.8. The zero-order valence-corrected chi connectivity index (χ0v) is 17.6. The normalized spacial score (nSPS) is 16.1. The Kier molecular flexibility index (Phi) is 6.16. The molecule has 8 heteroatoms. The van der Waals surface area contributed by atoms with Crippen LogP contribution in [0.1, 0.15) is 18.4 Å². The fraction of sp³-hybridized carbons (Fsp3) is 0.273. The highest BCUT2D eigenvalue weighted by atomic mass is 35.5. The summed E-state index contributed by atoms with van der Waals surface area (Å²) in [6.07, 6.45) is 4.30. The predicted molar refractivity (Wildman–Crippen MR) is 116 cm³/mol. The van der Waals surface area contributed by atoms with E-state index in [0.29, 0.717) is 58.7 Å². The highest BCUT2D eigenvalue weighted by Crippen LogP contribution is 2.34. The van der Waals surface area contributed by atoms with E-state index >= 15 is 0 Å². The van der Waals surface area contributed by atoms with Gasteiger partial charge in [0, 0.05) is 52.4 Å². The lowest BCUT2D eigenvalue weighted by atomic mass is 9.95. The van der Waals surface area contributed by atoms with Crippen molar-refractivity contribution in [1.82, 2.24) is 4.90 Å². The standard InChI is InChI=1S/C22H20Cl2N2O4/c23-17-2-1-3-18(24)16(17)5-7-21(27)26-10-8-14(9-11-26)22(28)25-15-4-6-19-20(12-15)30-13-29-19/h1-7,12,14H,8-11,13H2,(H,25,28)/b7-5+. The Labute approximate surface area is 184 Å². The second kappa shape index (κ2) is 8.98. The Bertz CT molecular complexity index is 980. The molecule has 1 N–H and O–H groups in total. The van der Waals surface area contributed by atoms with Crippen molar-refractivity contribution in [2.45, 2.75) is 12.8 Å². The van der Waals surface area contributed by atoms with Crippen LogP contribution in [0.15, 0.2) is 42.5 Å². The molecule has 6 nitrogen and oxygen atoms in total. The number of halogens is 2. The SMILES string of the molecule is O=C(Nc1ccc2c(c1)OCO2)C1CCN(C(=O)/C=C/c2c(Cl)cccc2Cl)CC1. The number of fused-ring (bicyclic) bond motifs is 1. The molecule has 0 saturated carbocycles. The first-order chi connectivity index (χ1) is 14.5. The average molecular weight is 447 g/mol. The van der Waals surface area contributed by atoms with Crippen LogP contribution in [0.2, 0.25) is 10.0 Å². The number of benzene rings is 2. The Morgan fingerprint density at radius 2 is 1.73 bits per heavy atom. The fourth-order valence-electron chi connectivity index (χ4n) is 3.51. The van der Waals surface area contributed by atoms with Gasteiger partial charge in [0.05, 0.1) is 0 Å². The minimum atomic E-state index is -0.151. The van der Waals surface area contributed by atoms with Crippen LogP contribution in [0.3, 0.4) is 0 Å². The van der Waals surface area contributed by atoms with Crippen LogP contribution < -0.4 is 14.8 Å².